The van der Waals surface area contributed by atoms with Crippen LogP contribution in [0.15, 0.2) is 59.1 Å². The maximum absolute atomic E-state index is 14.5. The first kappa shape index (κ1) is 33.1. The zero-order valence-electron chi connectivity index (χ0n) is 19.6. The standard InChI is InChI=1S/C25H12BrClF10INO2/c26-18-9-13(27)4-5-15(18)21(41)39-14-3-1-2-11(6-14)20(40)10-16-17(23(29,30)31)7-12(8-19(16)38)22(28,24(32,33)34)25(35,36)37/h1-9H,10H2,(H,39,41). The molecular weight excluding hydrogens is 779 g/mol. The molecule has 0 atom stereocenters. The number of ketones is 1. The second kappa shape index (κ2) is 11.7. The van der Waals surface area contributed by atoms with Crippen LogP contribution in [0.2, 0.25) is 5.02 Å². The van der Waals surface area contributed by atoms with Crippen LogP contribution in [-0.2, 0) is 18.3 Å². The van der Waals surface area contributed by atoms with Crippen molar-refractivity contribution in [3.8, 4) is 0 Å². The molecule has 1 N–H and O–H groups in total. The van der Waals surface area contributed by atoms with Gasteiger partial charge in [-0.15, -0.1) is 0 Å². The molecule has 0 aromatic heterocycles. The molecule has 41 heavy (non-hydrogen) atoms. The third-order valence-electron chi connectivity index (χ3n) is 5.64. The molecule has 0 aliphatic rings. The summed E-state index contributed by atoms with van der Waals surface area (Å²) in [6.07, 6.45) is -19.9. The van der Waals surface area contributed by atoms with Crippen molar-refractivity contribution in [1.29, 1.82) is 0 Å². The monoisotopic (exact) mass is 789 g/mol. The van der Waals surface area contributed by atoms with Gasteiger partial charge in [0.05, 0.1) is 11.1 Å². The van der Waals surface area contributed by atoms with Gasteiger partial charge in [-0.05, 0) is 86.5 Å². The molecular formula is C25H12BrClF10INO2. The average Bonchev–Trinajstić information content (AvgIpc) is 2.82. The van der Waals surface area contributed by atoms with Gasteiger partial charge in [0.2, 0.25) is 0 Å². The summed E-state index contributed by atoms with van der Waals surface area (Å²) in [6, 6.07) is 8.57. The van der Waals surface area contributed by atoms with E-state index < -0.39 is 68.6 Å². The van der Waals surface area contributed by atoms with Gasteiger partial charge in [-0.2, -0.15) is 39.5 Å². The normalized spacial score (nSPS) is 12.8. The molecule has 1 amide bonds. The largest absolute Gasteiger partial charge is 0.435 e. The summed E-state index contributed by atoms with van der Waals surface area (Å²) in [5.41, 5.74) is -11.5. The van der Waals surface area contributed by atoms with Gasteiger partial charge in [-0.3, -0.25) is 9.59 Å². The van der Waals surface area contributed by atoms with Crippen LogP contribution in [0, 0.1) is 3.57 Å². The fourth-order valence-corrected chi connectivity index (χ4v) is 5.34. The highest BCUT2D eigenvalue weighted by molar-refractivity contribution is 14.1. The second-order valence-electron chi connectivity index (χ2n) is 8.39. The molecule has 3 aromatic rings. The number of carbonyl (C=O) groups excluding carboxylic acids is 2. The summed E-state index contributed by atoms with van der Waals surface area (Å²) in [7, 11) is 0. The van der Waals surface area contributed by atoms with Gasteiger partial charge in [0.15, 0.2) is 5.78 Å². The van der Waals surface area contributed by atoms with E-state index in [2.05, 4.69) is 21.2 Å². The smallest absolute Gasteiger partial charge is 0.322 e. The van der Waals surface area contributed by atoms with E-state index in [4.69, 9.17) is 11.6 Å². The van der Waals surface area contributed by atoms with Crippen molar-refractivity contribution in [3.05, 3.63) is 95.5 Å². The lowest BCUT2D eigenvalue weighted by atomic mass is 9.89. The summed E-state index contributed by atoms with van der Waals surface area (Å²) in [5.74, 6) is -1.67. The van der Waals surface area contributed by atoms with Crippen molar-refractivity contribution < 1.29 is 53.5 Å². The third kappa shape index (κ3) is 6.98. The Balaban J connectivity index is 1.99. The Labute approximate surface area is 251 Å². The van der Waals surface area contributed by atoms with Crippen molar-refractivity contribution in [2.75, 3.05) is 5.32 Å². The molecule has 3 aromatic carbocycles. The van der Waals surface area contributed by atoms with Gasteiger partial charge in [0.1, 0.15) is 0 Å². The van der Waals surface area contributed by atoms with Crippen LogP contribution in [0.4, 0.5) is 49.6 Å². The zero-order chi connectivity index (χ0) is 31.1. The number of alkyl halides is 10. The van der Waals surface area contributed by atoms with Crippen molar-refractivity contribution in [2.45, 2.75) is 30.6 Å². The number of hydrogen-bond acceptors (Lipinski definition) is 2. The van der Waals surface area contributed by atoms with Crippen LogP contribution in [0.3, 0.4) is 0 Å². The van der Waals surface area contributed by atoms with Crippen LogP contribution in [0.25, 0.3) is 0 Å². The van der Waals surface area contributed by atoms with Gasteiger partial charge < -0.3 is 5.32 Å². The molecule has 0 saturated carbocycles. The lowest BCUT2D eigenvalue weighted by molar-refractivity contribution is -0.348. The summed E-state index contributed by atoms with van der Waals surface area (Å²) >= 11 is 10.0. The lowest BCUT2D eigenvalue weighted by Crippen LogP contribution is -2.50. The number of rotatable bonds is 6. The minimum absolute atomic E-state index is 0.0278. The Bertz CT molecular complexity index is 1490. The molecule has 0 saturated heterocycles. The number of hydrogen-bond donors (Lipinski definition) is 1. The van der Waals surface area contributed by atoms with Crippen molar-refractivity contribution >= 4 is 67.5 Å². The van der Waals surface area contributed by atoms with Gasteiger partial charge in [0.25, 0.3) is 5.91 Å². The van der Waals surface area contributed by atoms with E-state index in [1.165, 1.54) is 36.4 Å². The number of amides is 1. The SMILES string of the molecule is O=C(Cc1c(I)cc(C(F)(C(F)(F)F)C(F)(F)F)cc1C(F)(F)F)c1cccc(NC(=O)c2ccc(Cl)cc2Br)c1. The first-order chi connectivity index (χ1) is 18.7. The lowest BCUT2D eigenvalue weighted by Gasteiger charge is -2.31. The number of halogens is 13. The highest BCUT2D eigenvalue weighted by Crippen LogP contribution is 2.54. The maximum Gasteiger partial charge on any atom is 0.435 e. The van der Waals surface area contributed by atoms with Crippen molar-refractivity contribution in [2.24, 2.45) is 0 Å². The van der Waals surface area contributed by atoms with Crippen LogP contribution in [0.1, 0.15) is 37.4 Å². The molecule has 3 rings (SSSR count). The Kier molecular flexibility index (Phi) is 9.45. The highest BCUT2D eigenvalue weighted by Gasteiger charge is 2.73. The third-order valence-corrected chi connectivity index (χ3v) is 7.49. The Morgan fingerprint density at radius 1 is 0.854 bits per heavy atom. The van der Waals surface area contributed by atoms with E-state index in [0.29, 0.717) is 9.50 Å². The van der Waals surface area contributed by atoms with Crippen molar-refractivity contribution in [3.63, 3.8) is 0 Å². The molecule has 220 valence electrons. The number of Topliss-reactive ketones (excluding diaryl/α,β-unsaturated/α-hetero) is 1. The summed E-state index contributed by atoms with van der Waals surface area (Å²) in [5, 5.41) is 2.81. The second-order valence-corrected chi connectivity index (χ2v) is 10.8. The predicted molar refractivity (Wildman–Crippen MR) is 141 cm³/mol. The van der Waals surface area contributed by atoms with Gasteiger partial charge >= 0.3 is 24.2 Å². The molecule has 0 heterocycles. The number of anilines is 1. The van der Waals surface area contributed by atoms with Crippen molar-refractivity contribution in [1.82, 2.24) is 0 Å². The van der Waals surface area contributed by atoms with E-state index in [0.717, 1.165) is 28.7 Å². The van der Waals surface area contributed by atoms with E-state index in [-0.39, 0.29) is 22.9 Å². The van der Waals surface area contributed by atoms with Crippen LogP contribution < -0.4 is 5.32 Å². The van der Waals surface area contributed by atoms with E-state index in [1.807, 2.05) is 0 Å². The molecule has 0 radical (unpaired) electrons. The number of benzene rings is 3. The maximum atomic E-state index is 14.5. The first-order valence-electron chi connectivity index (χ1n) is 10.8. The van der Waals surface area contributed by atoms with Crippen LogP contribution in [-0.4, -0.2) is 24.0 Å². The molecule has 0 spiro atoms. The Morgan fingerprint density at radius 3 is 2.00 bits per heavy atom. The molecule has 0 aliphatic carbocycles. The molecule has 16 heteroatoms. The molecule has 3 nitrogen and oxygen atoms in total. The summed E-state index contributed by atoms with van der Waals surface area (Å²) in [6.45, 7) is 0. The van der Waals surface area contributed by atoms with E-state index in [9.17, 15) is 53.5 Å². The topological polar surface area (TPSA) is 46.2 Å². The van der Waals surface area contributed by atoms with Gasteiger partial charge in [-0.1, -0.05) is 23.7 Å². The molecule has 0 unspecified atom stereocenters. The zero-order valence-corrected chi connectivity index (χ0v) is 24.1. The Hall–Kier alpha value is -2.40. The predicted octanol–water partition coefficient (Wildman–Crippen LogP) is 9.69. The number of carbonyl (C=O) groups is 2. The fourth-order valence-electron chi connectivity index (χ4n) is 3.66. The average molecular weight is 791 g/mol. The van der Waals surface area contributed by atoms with E-state index >= 15 is 0 Å². The minimum Gasteiger partial charge on any atom is -0.322 e. The molecule has 0 aliphatic heterocycles. The van der Waals surface area contributed by atoms with Crippen LogP contribution in [0.5, 0.6) is 0 Å². The molecule has 0 bridgehead atoms. The summed E-state index contributed by atoms with van der Waals surface area (Å²) in [4.78, 5) is 25.5. The summed E-state index contributed by atoms with van der Waals surface area (Å²) < 4.78 is 135. The van der Waals surface area contributed by atoms with E-state index in [1.54, 1.807) is 0 Å². The first-order valence-corrected chi connectivity index (χ1v) is 13.0. The van der Waals surface area contributed by atoms with Gasteiger partial charge in [0, 0.05) is 36.3 Å². The Morgan fingerprint density at radius 2 is 1.46 bits per heavy atom. The fraction of sp³-hybridized carbons (Fsp3) is 0.200. The quantitative estimate of drug-likeness (QED) is 0.154. The van der Waals surface area contributed by atoms with Gasteiger partial charge in [-0.25, -0.2) is 4.39 Å². The minimum atomic E-state index is -6.64. The molecule has 0 fully saturated rings. The number of nitrogens with one attached hydrogen (secondary N) is 1. The van der Waals surface area contributed by atoms with Crippen LogP contribution >= 0.6 is 50.1 Å². The highest BCUT2D eigenvalue weighted by atomic mass is 127.